The second-order valence-corrected chi connectivity index (χ2v) is 8.66. The highest BCUT2D eigenvalue weighted by Gasteiger charge is 2.27. The van der Waals surface area contributed by atoms with Gasteiger partial charge in [0.25, 0.3) is 0 Å². The van der Waals surface area contributed by atoms with Gasteiger partial charge in [0, 0.05) is 37.6 Å². The highest BCUT2D eigenvalue weighted by Crippen LogP contribution is 2.37. The van der Waals surface area contributed by atoms with Gasteiger partial charge in [0.2, 0.25) is 0 Å². The fourth-order valence-corrected chi connectivity index (χ4v) is 4.01. The first kappa shape index (κ1) is 20.3. The van der Waals surface area contributed by atoms with Gasteiger partial charge in [0.05, 0.1) is 5.52 Å². The Bertz CT molecular complexity index is 1080. The van der Waals surface area contributed by atoms with Crippen LogP contribution in [0, 0.1) is 5.82 Å². The molecule has 0 saturated heterocycles. The van der Waals surface area contributed by atoms with Crippen LogP contribution in [0.2, 0.25) is 0 Å². The van der Waals surface area contributed by atoms with Crippen molar-refractivity contribution in [1.82, 2.24) is 9.47 Å². The first-order valence-corrected chi connectivity index (χ1v) is 10.2. The van der Waals surface area contributed by atoms with Gasteiger partial charge in [-0.05, 0) is 69.2 Å². The molecule has 158 valence electrons. The minimum absolute atomic E-state index is 0.276. The Morgan fingerprint density at radius 3 is 2.43 bits per heavy atom. The number of hydrogen-bond acceptors (Lipinski definition) is 3. The molecule has 1 aliphatic rings. The third-order valence-corrected chi connectivity index (χ3v) is 5.36. The zero-order chi connectivity index (χ0) is 21.5. The number of rotatable bonds is 2. The van der Waals surface area contributed by atoms with Crippen LogP contribution in [0.25, 0.3) is 10.9 Å². The van der Waals surface area contributed by atoms with E-state index in [2.05, 4.69) is 10.6 Å². The molecular weight excluding hydrogens is 383 g/mol. The molecule has 0 spiro atoms. The van der Waals surface area contributed by atoms with Crippen LogP contribution in [0.5, 0.6) is 11.5 Å². The van der Waals surface area contributed by atoms with E-state index in [1.807, 2.05) is 40.0 Å². The van der Waals surface area contributed by atoms with Crippen molar-refractivity contribution in [1.29, 1.82) is 0 Å². The normalized spacial score (nSPS) is 14.4. The number of benzene rings is 2. The van der Waals surface area contributed by atoms with E-state index < -0.39 is 5.60 Å². The van der Waals surface area contributed by atoms with Gasteiger partial charge in [-0.1, -0.05) is 6.07 Å². The van der Waals surface area contributed by atoms with Crippen LogP contribution >= 0.6 is 0 Å². The summed E-state index contributed by atoms with van der Waals surface area (Å²) in [5.74, 6) is 1.03. The molecule has 0 radical (unpaired) electrons. The largest absolute Gasteiger partial charge is 0.457 e. The van der Waals surface area contributed by atoms with Gasteiger partial charge < -0.3 is 18.9 Å². The summed E-state index contributed by atoms with van der Waals surface area (Å²) >= 11 is 0. The number of hydrogen-bond donors (Lipinski definition) is 0. The number of ether oxygens (including phenoxy) is 2. The quantitative estimate of drug-likeness (QED) is 0.565. The number of amides is 1. The van der Waals surface area contributed by atoms with Crippen molar-refractivity contribution in [3.8, 4) is 11.5 Å². The summed E-state index contributed by atoms with van der Waals surface area (Å²) in [6.45, 7) is 6.84. The van der Waals surface area contributed by atoms with Gasteiger partial charge in [0.15, 0.2) is 0 Å². The van der Waals surface area contributed by atoms with E-state index in [1.165, 1.54) is 23.4 Å². The molecule has 0 bridgehead atoms. The maximum absolute atomic E-state index is 13.3. The molecule has 2 heterocycles. The molecule has 0 unspecified atom stereocenters. The van der Waals surface area contributed by atoms with Crippen LogP contribution in [0.1, 0.15) is 32.0 Å². The van der Waals surface area contributed by atoms with E-state index in [4.69, 9.17) is 9.47 Å². The molecule has 0 saturated carbocycles. The third kappa shape index (κ3) is 3.99. The van der Waals surface area contributed by atoms with Gasteiger partial charge in [-0.2, -0.15) is 0 Å². The lowest BCUT2D eigenvalue weighted by molar-refractivity contribution is 0.0258. The van der Waals surface area contributed by atoms with Gasteiger partial charge >= 0.3 is 6.09 Å². The zero-order valence-electron chi connectivity index (χ0n) is 17.9. The van der Waals surface area contributed by atoms with Crippen LogP contribution in [0.15, 0.2) is 42.5 Å². The number of aryl methyl sites for hydroxylation is 1. The minimum Gasteiger partial charge on any atom is -0.457 e. The molecule has 30 heavy (non-hydrogen) atoms. The first-order valence-electron chi connectivity index (χ1n) is 10.2. The van der Waals surface area contributed by atoms with Crippen molar-refractivity contribution < 1.29 is 18.7 Å². The Morgan fingerprint density at radius 2 is 1.73 bits per heavy atom. The van der Waals surface area contributed by atoms with Crippen LogP contribution in [-0.2, 0) is 24.6 Å². The second kappa shape index (κ2) is 7.67. The van der Waals surface area contributed by atoms with Gasteiger partial charge in [-0.25, -0.2) is 9.18 Å². The third-order valence-electron chi connectivity index (χ3n) is 5.36. The Morgan fingerprint density at radius 1 is 1.03 bits per heavy atom. The van der Waals surface area contributed by atoms with E-state index >= 15 is 0 Å². The lowest BCUT2D eigenvalue weighted by atomic mass is 10.1. The summed E-state index contributed by atoms with van der Waals surface area (Å²) in [7, 11) is 2.05. The van der Waals surface area contributed by atoms with Crippen molar-refractivity contribution in [3.63, 3.8) is 0 Å². The van der Waals surface area contributed by atoms with E-state index in [-0.39, 0.29) is 11.9 Å². The molecule has 5 nitrogen and oxygen atoms in total. The van der Waals surface area contributed by atoms with Crippen LogP contribution in [0.4, 0.5) is 9.18 Å². The molecule has 1 amide bonds. The average Bonchev–Trinajstić information content (AvgIpc) is 2.83. The molecule has 4 rings (SSSR count). The minimum atomic E-state index is -0.515. The van der Waals surface area contributed by atoms with Crippen molar-refractivity contribution in [3.05, 3.63) is 59.5 Å². The fourth-order valence-electron chi connectivity index (χ4n) is 4.01. The smallest absolute Gasteiger partial charge is 0.410 e. The molecular formula is C24H27FN2O3. The summed E-state index contributed by atoms with van der Waals surface area (Å²) in [6.07, 6.45) is 1.19. The molecule has 0 N–H and O–H groups in total. The van der Waals surface area contributed by atoms with E-state index in [0.717, 1.165) is 29.5 Å². The average molecular weight is 410 g/mol. The number of fused-ring (bicyclic) bond motifs is 3. The Balaban J connectivity index is 1.66. The SMILES string of the molecule is Cn1c2c(c3c(Oc4ccc(F)cc4)cccc31)CCN(C(=O)OC(C)(C)C)CC2. The lowest BCUT2D eigenvalue weighted by Gasteiger charge is -2.26. The van der Waals surface area contributed by atoms with E-state index in [1.54, 1.807) is 17.0 Å². The predicted molar refractivity (Wildman–Crippen MR) is 115 cm³/mol. The highest BCUT2D eigenvalue weighted by molar-refractivity contribution is 5.91. The van der Waals surface area contributed by atoms with Crippen LogP contribution in [0.3, 0.4) is 0 Å². The maximum atomic E-state index is 13.3. The molecule has 3 aromatic rings. The molecule has 1 aliphatic heterocycles. The number of aromatic nitrogens is 1. The topological polar surface area (TPSA) is 43.7 Å². The Hall–Kier alpha value is -3.02. The summed E-state index contributed by atoms with van der Waals surface area (Å²) < 4.78 is 27.1. The fraction of sp³-hybridized carbons (Fsp3) is 0.375. The van der Waals surface area contributed by atoms with Gasteiger partial charge in [-0.3, -0.25) is 0 Å². The summed E-state index contributed by atoms with van der Waals surface area (Å²) in [5.41, 5.74) is 2.96. The van der Waals surface area contributed by atoms with Gasteiger partial charge in [0.1, 0.15) is 22.9 Å². The number of carbonyl (C=O) groups is 1. The van der Waals surface area contributed by atoms with Crippen LogP contribution in [-0.4, -0.2) is 34.3 Å². The van der Waals surface area contributed by atoms with E-state index in [9.17, 15) is 9.18 Å². The Labute approximate surface area is 176 Å². The number of carbonyl (C=O) groups excluding carboxylic acids is 1. The van der Waals surface area contributed by atoms with Crippen molar-refractivity contribution in [2.45, 2.75) is 39.2 Å². The van der Waals surface area contributed by atoms with Gasteiger partial charge in [-0.15, -0.1) is 0 Å². The molecule has 2 aromatic carbocycles. The van der Waals surface area contributed by atoms with Crippen molar-refractivity contribution in [2.75, 3.05) is 13.1 Å². The van der Waals surface area contributed by atoms with Crippen molar-refractivity contribution in [2.24, 2.45) is 7.05 Å². The molecule has 0 aliphatic carbocycles. The summed E-state index contributed by atoms with van der Waals surface area (Å²) in [5, 5.41) is 1.05. The maximum Gasteiger partial charge on any atom is 0.410 e. The van der Waals surface area contributed by atoms with Crippen molar-refractivity contribution >= 4 is 17.0 Å². The second-order valence-electron chi connectivity index (χ2n) is 8.66. The molecule has 6 heteroatoms. The van der Waals surface area contributed by atoms with E-state index in [0.29, 0.717) is 18.8 Å². The molecule has 0 fully saturated rings. The highest BCUT2D eigenvalue weighted by atomic mass is 19.1. The molecule has 1 aromatic heterocycles. The molecule has 0 atom stereocenters. The zero-order valence-corrected chi connectivity index (χ0v) is 17.9. The standard InChI is InChI=1S/C24H27FN2O3/c1-24(2,3)30-23(28)27-14-12-18-19(13-15-27)26(4)20-6-5-7-21(22(18)20)29-17-10-8-16(25)9-11-17/h5-11H,12-15H2,1-4H3. The lowest BCUT2D eigenvalue weighted by Crippen LogP contribution is -2.38. The predicted octanol–water partition coefficient (Wildman–Crippen LogP) is 5.45. The monoisotopic (exact) mass is 410 g/mol. The first-order chi connectivity index (χ1) is 14.2. The number of halogens is 1. The van der Waals surface area contributed by atoms with Crippen LogP contribution < -0.4 is 4.74 Å². The Kier molecular flexibility index (Phi) is 5.18. The number of nitrogens with zero attached hydrogens (tertiary/aromatic N) is 2. The summed E-state index contributed by atoms with van der Waals surface area (Å²) in [4.78, 5) is 14.3. The summed E-state index contributed by atoms with van der Waals surface area (Å²) in [6, 6.07) is 12.0.